The molecule has 1 aliphatic carbocycles. The number of nitrogens with one attached hydrogen (secondary N) is 2. The van der Waals surface area contributed by atoms with Gasteiger partial charge < -0.3 is 5.32 Å². The van der Waals surface area contributed by atoms with Gasteiger partial charge in [0.1, 0.15) is 5.82 Å². The summed E-state index contributed by atoms with van der Waals surface area (Å²) in [6.07, 6.45) is 2.09. The molecule has 108 valence electrons. The van der Waals surface area contributed by atoms with Gasteiger partial charge in [-0.3, -0.25) is 20.0 Å². The fraction of sp³-hybridized carbons (Fsp3) is 0.250. The summed E-state index contributed by atoms with van der Waals surface area (Å²) in [4.78, 5) is 26.2. The highest BCUT2D eigenvalue weighted by molar-refractivity contribution is 6.34. The first-order valence-corrected chi connectivity index (χ1v) is 6.60. The van der Waals surface area contributed by atoms with E-state index in [0.29, 0.717) is 11.7 Å². The van der Waals surface area contributed by atoms with Gasteiger partial charge in [-0.2, -0.15) is 0 Å². The third-order valence-corrected chi connectivity index (χ3v) is 3.39. The Morgan fingerprint density at radius 3 is 2.86 bits per heavy atom. The first-order valence-electron chi connectivity index (χ1n) is 6.22. The number of H-pyrrole nitrogens is 1. The number of non-ortho nitro benzene ring substituents is 1. The number of aromatic nitrogens is 3. The topological polar surface area (TPSA) is 114 Å². The number of rotatable bonds is 4. The van der Waals surface area contributed by atoms with Gasteiger partial charge in [-0.25, -0.2) is 4.98 Å². The average molecular weight is 308 g/mol. The number of nitro benzene ring substituents is 1. The zero-order valence-electron chi connectivity index (χ0n) is 10.7. The van der Waals surface area contributed by atoms with Crippen molar-refractivity contribution >= 4 is 28.9 Å². The second-order valence-corrected chi connectivity index (χ2v) is 5.10. The van der Waals surface area contributed by atoms with E-state index in [1.165, 1.54) is 18.2 Å². The number of hydrogen-bond acceptors (Lipinski definition) is 5. The normalized spacial score (nSPS) is 14.0. The highest BCUT2D eigenvalue weighted by Crippen LogP contribution is 2.37. The van der Waals surface area contributed by atoms with E-state index >= 15 is 0 Å². The number of amides is 1. The Kier molecular flexibility index (Phi) is 3.30. The second-order valence-electron chi connectivity index (χ2n) is 4.69. The molecule has 1 heterocycles. The monoisotopic (exact) mass is 307 g/mol. The molecule has 1 aliphatic rings. The number of carbonyl (C=O) groups is 1. The fourth-order valence-electron chi connectivity index (χ4n) is 1.81. The van der Waals surface area contributed by atoms with E-state index in [1.807, 2.05) is 0 Å². The number of nitrogens with zero attached hydrogens (tertiary/aromatic N) is 3. The molecule has 2 N–H and O–H groups in total. The molecule has 0 saturated heterocycles. The quantitative estimate of drug-likeness (QED) is 0.665. The first kappa shape index (κ1) is 13.5. The van der Waals surface area contributed by atoms with Gasteiger partial charge in [0.2, 0.25) is 5.82 Å². The van der Waals surface area contributed by atoms with Gasteiger partial charge in [-0.15, -0.1) is 5.10 Å². The van der Waals surface area contributed by atoms with E-state index < -0.39 is 10.8 Å². The lowest BCUT2D eigenvalue weighted by atomic mass is 10.3. The summed E-state index contributed by atoms with van der Waals surface area (Å²) in [7, 11) is 0. The number of halogens is 1. The number of anilines is 1. The largest absolute Gasteiger partial charge is 0.318 e. The molecule has 0 bridgehead atoms. The van der Waals surface area contributed by atoms with Crippen molar-refractivity contribution in [2.75, 3.05) is 5.32 Å². The van der Waals surface area contributed by atoms with Crippen molar-refractivity contribution in [3.63, 3.8) is 0 Å². The van der Waals surface area contributed by atoms with Gasteiger partial charge in [0.15, 0.2) is 0 Å². The predicted molar refractivity (Wildman–Crippen MR) is 74.4 cm³/mol. The lowest BCUT2D eigenvalue weighted by Crippen LogP contribution is -2.14. The van der Waals surface area contributed by atoms with Crippen LogP contribution in [0.15, 0.2) is 18.2 Å². The van der Waals surface area contributed by atoms with Gasteiger partial charge in [-0.05, 0) is 18.9 Å². The number of nitro groups is 1. The summed E-state index contributed by atoms with van der Waals surface area (Å²) >= 11 is 5.90. The van der Waals surface area contributed by atoms with E-state index in [2.05, 4.69) is 20.5 Å². The van der Waals surface area contributed by atoms with Crippen LogP contribution < -0.4 is 5.32 Å². The Hall–Kier alpha value is -2.48. The molecule has 8 nitrogen and oxygen atoms in total. The minimum atomic E-state index is -0.561. The Morgan fingerprint density at radius 2 is 2.24 bits per heavy atom. The maximum atomic E-state index is 12.0. The molecule has 0 atom stereocenters. The molecule has 1 saturated carbocycles. The van der Waals surface area contributed by atoms with E-state index in [4.69, 9.17) is 11.6 Å². The van der Waals surface area contributed by atoms with Crippen LogP contribution in [-0.2, 0) is 0 Å². The SMILES string of the molecule is O=C(Nc1ccc([N+](=O)[O-])cc1Cl)c1n[nH]c(C2CC2)n1. The number of carbonyl (C=O) groups excluding carboxylic acids is 1. The van der Waals surface area contributed by atoms with Crippen molar-refractivity contribution < 1.29 is 9.72 Å². The molecule has 1 aromatic heterocycles. The van der Waals surface area contributed by atoms with E-state index in [-0.39, 0.29) is 22.2 Å². The smallest absolute Gasteiger partial charge is 0.295 e. The van der Waals surface area contributed by atoms with Crippen molar-refractivity contribution in [3.05, 3.63) is 45.0 Å². The van der Waals surface area contributed by atoms with Crippen LogP contribution in [0.2, 0.25) is 5.02 Å². The van der Waals surface area contributed by atoms with Crippen molar-refractivity contribution in [2.24, 2.45) is 0 Å². The number of benzene rings is 1. The van der Waals surface area contributed by atoms with Crippen molar-refractivity contribution in [2.45, 2.75) is 18.8 Å². The van der Waals surface area contributed by atoms with Crippen LogP contribution in [0.1, 0.15) is 35.2 Å². The average Bonchev–Trinajstić information content (AvgIpc) is 3.18. The minimum absolute atomic E-state index is 0.0197. The van der Waals surface area contributed by atoms with Crippen LogP contribution >= 0.6 is 11.6 Å². The van der Waals surface area contributed by atoms with Gasteiger partial charge in [-0.1, -0.05) is 11.6 Å². The molecule has 1 fully saturated rings. The van der Waals surface area contributed by atoms with Crippen molar-refractivity contribution in [3.8, 4) is 0 Å². The Morgan fingerprint density at radius 1 is 1.48 bits per heavy atom. The van der Waals surface area contributed by atoms with Crippen molar-refractivity contribution in [1.29, 1.82) is 0 Å². The van der Waals surface area contributed by atoms with Crippen LogP contribution in [0.4, 0.5) is 11.4 Å². The third-order valence-electron chi connectivity index (χ3n) is 3.08. The molecule has 1 amide bonds. The summed E-state index contributed by atoms with van der Waals surface area (Å²) < 4.78 is 0. The minimum Gasteiger partial charge on any atom is -0.318 e. The Balaban J connectivity index is 1.75. The summed E-state index contributed by atoms with van der Waals surface area (Å²) in [6, 6.07) is 3.80. The van der Waals surface area contributed by atoms with Gasteiger partial charge >= 0.3 is 0 Å². The molecule has 0 radical (unpaired) electrons. The second kappa shape index (κ2) is 5.13. The molecule has 0 aliphatic heterocycles. The van der Waals surface area contributed by atoms with Crippen LogP contribution in [0.5, 0.6) is 0 Å². The van der Waals surface area contributed by atoms with E-state index in [1.54, 1.807) is 0 Å². The number of hydrogen-bond donors (Lipinski definition) is 2. The van der Waals surface area contributed by atoms with E-state index in [0.717, 1.165) is 12.8 Å². The summed E-state index contributed by atoms with van der Waals surface area (Å²) in [5.41, 5.74) is 0.122. The molecule has 2 aromatic rings. The zero-order valence-corrected chi connectivity index (χ0v) is 11.4. The van der Waals surface area contributed by atoms with Gasteiger partial charge in [0, 0.05) is 18.1 Å². The number of aromatic amines is 1. The van der Waals surface area contributed by atoms with E-state index in [9.17, 15) is 14.9 Å². The molecule has 0 unspecified atom stereocenters. The first-order chi connectivity index (χ1) is 10.0. The van der Waals surface area contributed by atoms with Crippen LogP contribution in [0.3, 0.4) is 0 Å². The lowest BCUT2D eigenvalue weighted by molar-refractivity contribution is -0.384. The maximum Gasteiger partial charge on any atom is 0.295 e. The van der Waals surface area contributed by atoms with Crippen LogP contribution in [-0.4, -0.2) is 26.0 Å². The molecule has 9 heteroatoms. The summed E-state index contributed by atoms with van der Waals surface area (Å²) in [6.45, 7) is 0. The third kappa shape index (κ3) is 2.84. The Bertz CT molecular complexity index is 725. The Labute approximate surface area is 123 Å². The van der Waals surface area contributed by atoms with Crippen LogP contribution in [0, 0.1) is 10.1 Å². The molecular weight excluding hydrogens is 298 g/mol. The molecule has 21 heavy (non-hydrogen) atoms. The fourth-order valence-corrected chi connectivity index (χ4v) is 2.03. The van der Waals surface area contributed by atoms with Crippen molar-refractivity contribution in [1.82, 2.24) is 15.2 Å². The van der Waals surface area contributed by atoms with Gasteiger partial charge in [0.25, 0.3) is 11.6 Å². The summed E-state index contributed by atoms with van der Waals surface area (Å²) in [5, 5.41) is 19.8. The molecule has 1 aromatic carbocycles. The highest BCUT2D eigenvalue weighted by Gasteiger charge is 2.28. The molecule has 3 rings (SSSR count). The maximum absolute atomic E-state index is 12.0. The molecular formula is C12H10ClN5O3. The highest BCUT2D eigenvalue weighted by atomic mass is 35.5. The molecule has 0 spiro atoms. The van der Waals surface area contributed by atoms with Gasteiger partial charge in [0.05, 0.1) is 15.6 Å². The predicted octanol–water partition coefficient (Wildman–Crippen LogP) is 2.50. The standard InChI is InChI=1S/C12H10ClN5O3/c13-8-5-7(18(20)21)3-4-9(8)14-12(19)11-15-10(16-17-11)6-1-2-6/h3-6H,1-2H2,(H,14,19)(H,15,16,17). The van der Waals surface area contributed by atoms with Crippen LogP contribution in [0.25, 0.3) is 0 Å². The lowest BCUT2D eigenvalue weighted by Gasteiger charge is -2.04. The summed E-state index contributed by atoms with van der Waals surface area (Å²) in [5.74, 6) is 0.567. The zero-order chi connectivity index (χ0) is 15.0.